The quantitative estimate of drug-likeness (QED) is 0.604. The Morgan fingerprint density at radius 1 is 1.00 bits per heavy atom. The van der Waals surface area contributed by atoms with Gasteiger partial charge in [-0.15, -0.1) is 0 Å². The number of ether oxygens (including phenoxy) is 2. The SMILES string of the molecule is C/C=C(\OC)C(C)/C(=C/C)OC. The maximum absolute atomic E-state index is 5.19. The van der Waals surface area contributed by atoms with E-state index in [-0.39, 0.29) is 5.92 Å². The lowest BCUT2D eigenvalue weighted by atomic mass is 10.1. The Morgan fingerprint density at radius 3 is 1.50 bits per heavy atom. The third-order valence-corrected chi connectivity index (χ3v) is 1.89. The molecule has 2 heteroatoms. The van der Waals surface area contributed by atoms with Gasteiger partial charge in [0.2, 0.25) is 0 Å². The van der Waals surface area contributed by atoms with Crippen LogP contribution in [0.15, 0.2) is 23.7 Å². The number of allylic oxidation sites excluding steroid dienone is 2. The first-order valence-corrected chi connectivity index (χ1v) is 4.11. The van der Waals surface area contributed by atoms with E-state index in [4.69, 9.17) is 9.47 Å². The summed E-state index contributed by atoms with van der Waals surface area (Å²) in [7, 11) is 3.35. The molecule has 0 aromatic heterocycles. The molecule has 0 atom stereocenters. The molecule has 0 amide bonds. The van der Waals surface area contributed by atoms with E-state index in [1.54, 1.807) is 14.2 Å². The Morgan fingerprint density at radius 2 is 1.33 bits per heavy atom. The lowest BCUT2D eigenvalue weighted by Crippen LogP contribution is -2.06. The average molecular weight is 170 g/mol. The van der Waals surface area contributed by atoms with Crippen molar-refractivity contribution in [1.82, 2.24) is 0 Å². The predicted molar refractivity (Wildman–Crippen MR) is 50.7 cm³/mol. The highest BCUT2D eigenvalue weighted by molar-refractivity contribution is 5.10. The molecular weight excluding hydrogens is 152 g/mol. The van der Waals surface area contributed by atoms with Gasteiger partial charge in [0.1, 0.15) is 11.5 Å². The Hall–Kier alpha value is -0.920. The molecule has 0 spiro atoms. The molecular formula is C10H18O2. The Labute approximate surface area is 74.9 Å². The zero-order valence-corrected chi connectivity index (χ0v) is 8.55. The van der Waals surface area contributed by atoms with Crippen LogP contribution in [-0.4, -0.2) is 14.2 Å². The summed E-state index contributed by atoms with van der Waals surface area (Å²) < 4.78 is 10.4. The molecule has 0 rings (SSSR count). The van der Waals surface area contributed by atoms with Gasteiger partial charge in [0.25, 0.3) is 0 Å². The van der Waals surface area contributed by atoms with Crippen LogP contribution < -0.4 is 0 Å². The molecule has 0 saturated heterocycles. The van der Waals surface area contributed by atoms with Crippen molar-refractivity contribution in [3.05, 3.63) is 23.7 Å². The minimum absolute atomic E-state index is 0.204. The maximum atomic E-state index is 5.19. The van der Waals surface area contributed by atoms with Gasteiger partial charge in [0.05, 0.1) is 20.1 Å². The topological polar surface area (TPSA) is 18.5 Å². The fourth-order valence-corrected chi connectivity index (χ4v) is 1.23. The van der Waals surface area contributed by atoms with Crippen LogP contribution in [0, 0.1) is 5.92 Å². The van der Waals surface area contributed by atoms with Crippen LogP contribution in [0.1, 0.15) is 20.8 Å². The van der Waals surface area contributed by atoms with Gasteiger partial charge in [-0.25, -0.2) is 0 Å². The van der Waals surface area contributed by atoms with E-state index in [1.165, 1.54) is 0 Å². The fraction of sp³-hybridized carbons (Fsp3) is 0.600. The van der Waals surface area contributed by atoms with Gasteiger partial charge in [0, 0.05) is 0 Å². The van der Waals surface area contributed by atoms with Crippen LogP contribution >= 0.6 is 0 Å². The summed E-state index contributed by atoms with van der Waals surface area (Å²) in [6, 6.07) is 0. The second-order valence-electron chi connectivity index (χ2n) is 2.51. The van der Waals surface area contributed by atoms with Gasteiger partial charge in [-0.05, 0) is 32.9 Å². The number of hydrogen-bond donors (Lipinski definition) is 0. The molecule has 0 radical (unpaired) electrons. The van der Waals surface area contributed by atoms with Gasteiger partial charge in [-0.1, -0.05) is 0 Å². The van der Waals surface area contributed by atoms with Crippen molar-refractivity contribution in [3.8, 4) is 0 Å². The van der Waals surface area contributed by atoms with Crippen LogP contribution in [0.3, 0.4) is 0 Å². The molecule has 0 aromatic carbocycles. The number of hydrogen-bond acceptors (Lipinski definition) is 2. The Kier molecular flexibility index (Phi) is 5.26. The van der Waals surface area contributed by atoms with Crippen molar-refractivity contribution in [2.45, 2.75) is 20.8 Å². The van der Waals surface area contributed by atoms with E-state index in [1.807, 2.05) is 26.0 Å². The summed E-state index contributed by atoms with van der Waals surface area (Å²) in [5.74, 6) is 2.07. The van der Waals surface area contributed by atoms with Crippen molar-refractivity contribution < 1.29 is 9.47 Å². The molecule has 70 valence electrons. The molecule has 2 nitrogen and oxygen atoms in total. The molecule has 0 fully saturated rings. The van der Waals surface area contributed by atoms with Crippen molar-refractivity contribution in [1.29, 1.82) is 0 Å². The fourth-order valence-electron chi connectivity index (χ4n) is 1.23. The summed E-state index contributed by atoms with van der Waals surface area (Å²) in [6.07, 6.45) is 3.90. The van der Waals surface area contributed by atoms with Crippen LogP contribution in [0.4, 0.5) is 0 Å². The molecule has 0 unspecified atom stereocenters. The molecule has 0 aliphatic carbocycles. The highest BCUT2D eigenvalue weighted by Gasteiger charge is 2.13. The first-order valence-electron chi connectivity index (χ1n) is 4.11. The van der Waals surface area contributed by atoms with Gasteiger partial charge < -0.3 is 9.47 Å². The van der Waals surface area contributed by atoms with Gasteiger partial charge in [-0.3, -0.25) is 0 Å². The number of methoxy groups -OCH3 is 2. The second kappa shape index (κ2) is 5.70. The Bertz CT molecular complexity index is 160. The molecule has 12 heavy (non-hydrogen) atoms. The van der Waals surface area contributed by atoms with E-state index in [0.717, 1.165) is 11.5 Å². The normalized spacial score (nSPS) is 15.8. The number of rotatable bonds is 4. The monoisotopic (exact) mass is 170 g/mol. The van der Waals surface area contributed by atoms with Crippen molar-refractivity contribution in [2.24, 2.45) is 5.92 Å². The summed E-state index contributed by atoms with van der Waals surface area (Å²) in [6.45, 7) is 5.97. The van der Waals surface area contributed by atoms with Crippen LogP contribution in [-0.2, 0) is 9.47 Å². The average Bonchev–Trinajstić information content (AvgIpc) is 2.09. The lowest BCUT2D eigenvalue weighted by Gasteiger charge is -2.16. The summed E-state index contributed by atoms with van der Waals surface area (Å²) in [5.41, 5.74) is 0. The second-order valence-corrected chi connectivity index (χ2v) is 2.51. The van der Waals surface area contributed by atoms with Crippen molar-refractivity contribution >= 4 is 0 Å². The van der Waals surface area contributed by atoms with Gasteiger partial charge in [-0.2, -0.15) is 0 Å². The largest absolute Gasteiger partial charge is 0.501 e. The molecule has 0 aliphatic rings. The maximum Gasteiger partial charge on any atom is 0.102 e. The molecule has 0 heterocycles. The first-order chi connectivity index (χ1) is 5.71. The van der Waals surface area contributed by atoms with E-state index >= 15 is 0 Å². The van der Waals surface area contributed by atoms with Crippen molar-refractivity contribution in [2.75, 3.05) is 14.2 Å². The van der Waals surface area contributed by atoms with E-state index < -0.39 is 0 Å². The lowest BCUT2D eigenvalue weighted by molar-refractivity contribution is 0.201. The molecule has 0 aliphatic heterocycles. The van der Waals surface area contributed by atoms with Crippen LogP contribution in [0.2, 0.25) is 0 Å². The van der Waals surface area contributed by atoms with E-state index in [9.17, 15) is 0 Å². The zero-order valence-electron chi connectivity index (χ0n) is 8.55. The molecule has 0 aromatic rings. The third-order valence-electron chi connectivity index (χ3n) is 1.89. The molecule has 0 N–H and O–H groups in total. The van der Waals surface area contributed by atoms with Crippen LogP contribution in [0.5, 0.6) is 0 Å². The summed E-state index contributed by atoms with van der Waals surface area (Å²) in [4.78, 5) is 0. The molecule has 0 saturated carbocycles. The smallest absolute Gasteiger partial charge is 0.102 e. The Balaban J connectivity index is 4.45. The van der Waals surface area contributed by atoms with E-state index in [0.29, 0.717) is 0 Å². The first kappa shape index (κ1) is 11.1. The standard InChI is InChI=1S/C10H18O2/c1-6-9(11-4)8(3)10(7-2)12-5/h6-8H,1-5H3/b9-6-,10-7-. The highest BCUT2D eigenvalue weighted by Crippen LogP contribution is 2.20. The summed E-state index contributed by atoms with van der Waals surface area (Å²) in [5, 5.41) is 0. The molecule has 0 bridgehead atoms. The van der Waals surface area contributed by atoms with Gasteiger partial charge >= 0.3 is 0 Å². The predicted octanol–water partition coefficient (Wildman–Crippen LogP) is 2.72. The van der Waals surface area contributed by atoms with Gasteiger partial charge in [0.15, 0.2) is 0 Å². The van der Waals surface area contributed by atoms with Crippen molar-refractivity contribution in [3.63, 3.8) is 0 Å². The minimum Gasteiger partial charge on any atom is -0.501 e. The van der Waals surface area contributed by atoms with Crippen LogP contribution in [0.25, 0.3) is 0 Å². The zero-order chi connectivity index (χ0) is 9.56. The van der Waals surface area contributed by atoms with E-state index in [2.05, 4.69) is 6.92 Å². The summed E-state index contributed by atoms with van der Waals surface area (Å²) >= 11 is 0. The highest BCUT2D eigenvalue weighted by atomic mass is 16.5. The third kappa shape index (κ3) is 2.61. The minimum atomic E-state index is 0.204.